The van der Waals surface area contributed by atoms with Crippen LogP contribution in [-0.4, -0.2) is 54.9 Å². The fourth-order valence-corrected chi connectivity index (χ4v) is 2.67. The Morgan fingerprint density at radius 3 is 2.46 bits per heavy atom. The van der Waals surface area contributed by atoms with E-state index in [9.17, 15) is 4.79 Å². The maximum absolute atomic E-state index is 12.2. The third kappa shape index (κ3) is 7.83. The summed E-state index contributed by atoms with van der Waals surface area (Å²) in [5.41, 5.74) is 1.12. The summed E-state index contributed by atoms with van der Waals surface area (Å²) < 4.78 is 1.04. The number of benzene rings is 1. The minimum Gasteiger partial charge on any atom is -0.357 e. The van der Waals surface area contributed by atoms with Crippen LogP contribution in [0.15, 0.2) is 33.7 Å². The predicted octanol–water partition coefficient (Wildman–Crippen LogP) is 3.33. The first-order valence-corrected chi connectivity index (χ1v) is 8.82. The van der Waals surface area contributed by atoms with Crippen molar-refractivity contribution in [2.75, 3.05) is 33.2 Å². The number of hydrogen-bond donors (Lipinski definition) is 1. The van der Waals surface area contributed by atoms with Crippen LogP contribution >= 0.6 is 39.9 Å². The average molecular weight is 511 g/mol. The summed E-state index contributed by atoms with van der Waals surface area (Å²) in [6.07, 6.45) is 0. The highest BCUT2D eigenvalue weighted by Gasteiger charge is 2.14. The lowest BCUT2D eigenvalue weighted by Crippen LogP contribution is -2.45. The molecule has 1 aromatic carbocycles. The summed E-state index contributed by atoms with van der Waals surface area (Å²) in [6.45, 7) is 9.14. The fourth-order valence-electron chi connectivity index (χ4n) is 2.23. The molecule has 0 spiro atoms. The van der Waals surface area contributed by atoms with E-state index in [0.29, 0.717) is 13.1 Å². The molecule has 0 aliphatic rings. The largest absolute Gasteiger partial charge is 0.357 e. The molecule has 1 N–H and O–H groups in total. The van der Waals surface area contributed by atoms with Gasteiger partial charge in [0.15, 0.2) is 5.96 Å². The molecule has 136 valence electrons. The van der Waals surface area contributed by atoms with Crippen molar-refractivity contribution in [3.63, 3.8) is 0 Å². The quantitative estimate of drug-likeness (QED) is 0.347. The van der Waals surface area contributed by atoms with Gasteiger partial charge in [-0.1, -0.05) is 28.1 Å². The standard InChI is InChI=1S/C17H27BrN4O.HI/c1-5-19-17(20-12-14-9-8-10-15(18)11-14)21(4)13-16(23)22(6-2)7-3;/h8-11H,5-7,12-13H2,1-4H3,(H,19,20);1H. The van der Waals surface area contributed by atoms with Crippen molar-refractivity contribution in [2.24, 2.45) is 4.99 Å². The minimum absolute atomic E-state index is 0. The van der Waals surface area contributed by atoms with E-state index >= 15 is 0 Å². The van der Waals surface area contributed by atoms with Crippen molar-refractivity contribution in [2.45, 2.75) is 27.3 Å². The van der Waals surface area contributed by atoms with E-state index < -0.39 is 0 Å². The smallest absolute Gasteiger partial charge is 0.242 e. The second-order valence-corrected chi connectivity index (χ2v) is 6.14. The molecule has 0 aliphatic heterocycles. The van der Waals surface area contributed by atoms with Crippen LogP contribution < -0.4 is 5.32 Å². The molecule has 0 fully saturated rings. The minimum atomic E-state index is 0. The van der Waals surface area contributed by atoms with Crippen LogP contribution in [0.25, 0.3) is 0 Å². The summed E-state index contributed by atoms with van der Waals surface area (Å²) in [4.78, 5) is 20.6. The van der Waals surface area contributed by atoms with Crippen molar-refractivity contribution < 1.29 is 4.79 Å². The molecule has 0 aliphatic carbocycles. The van der Waals surface area contributed by atoms with Gasteiger partial charge in [-0.2, -0.15) is 0 Å². The third-order valence-corrected chi connectivity index (χ3v) is 3.98. The zero-order chi connectivity index (χ0) is 17.2. The molecule has 0 atom stereocenters. The molecule has 0 saturated carbocycles. The van der Waals surface area contributed by atoms with Crippen LogP contribution in [0.2, 0.25) is 0 Å². The van der Waals surface area contributed by atoms with Gasteiger partial charge in [-0.25, -0.2) is 4.99 Å². The van der Waals surface area contributed by atoms with Crippen molar-refractivity contribution in [1.82, 2.24) is 15.1 Å². The van der Waals surface area contributed by atoms with Crippen LogP contribution in [0.1, 0.15) is 26.3 Å². The number of rotatable bonds is 7. The van der Waals surface area contributed by atoms with Gasteiger partial charge in [0.05, 0.1) is 13.1 Å². The number of halogens is 2. The molecule has 0 unspecified atom stereocenters. The van der Waals surface area contributed by atoms with E-state index in [0.717, 1.165) is 35.6 Å². The third-order valence-electron chi connectivity index (χ3n) is 3.49. The molecule has 0 heterocycles. The second kappa shape index (κ2) is 12.5. The summed E-state index contributed by atoms with van der Waals surface area (Å²) in [5, 5.41) is 3.24. The number of nitrogens with one attached hydrogen (secondary N) is 1. The van der Waals surface area contributed by atoms with Crippen LogP contribution in [-0.2, 0) is 11.3 Å². The highest BCUT2D eigenvalue weighted by atomic mass is 127. The van der Waals surface area contributed by atoms with Gasteiger partial charge in [-0.3, -0.25) is 4.79 Å². The number of likely N-dealkylation sites (N-methyl/N-ethyl adjacent to an activating group) is 2. The summed E-state index contributed by atoms with van der Waals surface area (Å²) in [7, 11) is 1.89. The highest BCUT2D eigenvalue weighted by Crippen LogP contribution is 2.12. The van der Waals surface area contributed by atoms with E-state index in [4.69, 9.17) is 0 Å². The molecule has 0 bridgehead atoms. The number of aliphatic imine (C=N–C) groups is 1. The van der Waals surface area contributed by atoms with Gasteiger partial charge >= 0.3 is 0 Å². The van der Waals surface area contributed by atoms with Gasteiger partial charge in [0.1, 0.15) is 0 Å². The summed E-state index contributed by atoms with van der Waals surface area (Å²) in [5.74, 6) is 0.860. The molecular weight excluding hydrogens is 483 g/mol. The van der Waals surface area contributed by atoms with Gasteiger partial charge in [0.25, 0.3) is 0 Å². The Morgan fingerprint density at radius 1 is 1.25 bits per heavy atom. The zero-order valence-electron chi connectivity index (χ0n) is 14.9. The maximum atomic E-state index is 12.2. The van der Waals surface area contributed by atoms with Gasteiger partial charge in [0.2, 0.25) is 5.91 Å². The number of hydrogen-bond acceptors (Lipinski definition) is 2. The maximum Gasteiger partial charge on any atom is 0.242 e. The monoisotopic (exact) mass is 510 g/mol. The van der Waals surface area contributed by atoms with E-state index in [1.807, 2.05) is 61.9 Å². The fraction of sp³-hybridized carbons (Fsp3) is 0.529. The first kappa shape index (κ1) is 23.2. The van der Waals surface area contributed by atoms with Crippen LogP contribution in [0.5, 0.6) is 0 Å². The van der Waals surface area contributed by atoms with Gasteiger partial charge in [-0.05, 0) is 38.5 Å². The van der Waals surface area contributed by atoms with Crippen LogP contribution in [0, 0.1) is 0 Å². The molecule has 0 aromatic heterocycles. The Balaban J connectivity index is 0.00000529. The van der Waals surface area contributed by atoms with Gasteiger partial charge in [-0.15, -0.1) is 24.0 Å². The van der Waals surface area contributed by atoms with Gasteiger partial charge < -0.3 is 15.1 Å². The SMILES string of the molecule is CCNC(=NCc1cccc(Br)c1)N(C)CC(=O)N(CC)CC.I. The first-order chi connectivity index (χ1) is 11.0. The normalized spacial score (nSPS) is 10.8. The molecular formula is C17H28BrIN4O. The van der Waals surface area contributed by atoms with E-state index in [2.05, 4.69) is 26.2 Å². The predicted molar refractivity (Wildman–Crippen MR) is 115 cm³/mol. The molecule has 0 saturated heterocycles. The lowest BCUT2D eigenvalue weighted by Gasteiger charge is -2.25. The highest BCUT2D eigenvalue weighted by molar-refractivity contribution is 14.0. The number of nitrogens with zero attached hydrogens (tertiary/aromatic N) is 3. The van der Waals surface area contributed by atoms with Crippen LogP contribution in [0.3, 0.4) is 0 Å². The molecule has 1 rings (SSSR count). The number of carbonyl (C=O) groups is 1. The topological polar surface area (TPSA) is 47.9 Å². The second-order valence-electron chi connectivity index (χ2n) is 5.22. The molecule has 7 heteroatoms. The zero-order valence-corrected chi connectivity index (χ0v) is 18.8. The first-order valence-electron chi connectivity index (χ1n) is 8.03. The molecule has 5 nitrogen and oxygen atoms in total. The number of carbonyl (C=O) groups excluding carboxylic acids is 1. The average Bonchev–Trinajstić information content (AvgIpc) is 2.52. The Hall–Kier alpha value is -0.830. The lowest BCUT2D eigenvalue weighted by atomic mass is 10.2. The van der Waals surface area contributed by atoms with Crippen LogP contribution in [0.4, 0.5) is 0 Å². The van der Waals surface area contributed by atoms with E-state index in [1.165, 1.54) is 0 Å². The molecule has 0 radical (unpaired) electrons. The van der Waals surface area contributed by atoms with Crippen molar-refractivity contribution in [3.8, 4) is 0 Å². The van der Waals surface area contributed by atoms with E-state index in [-0.39, 0.29) is 29.9 Å². The Kier molecular flexibility index (Phi) is 12.1. The Labute approximate surface area is 171 Å². The summed E-state index contributed by atoms with van der Waals surface area (Å²) >= 11 is 3.47. The summed E-state index contributed by atoms with van der Waals surface area (Å²) in [6, 6.07) is 8.08. The van der Waals surface area contributed by atoms with Crippen molar-refractivity contribution >= 4 is 51.8 Å². The Morgan fingerprint density at radius 2 is 1.92 bits per heavy atom. The Bertz CT molecular complexity index is 535. The molecule has 1 amide bonds. The number of guanidine groups is 1. The lowest BCUT2D eigenvalue weighted by molar-refractivity contribution is -0.131. The molecule has 1 aromatic rings. The van der Waals surface area contributed by atoms with E-state index in [1.54, 1.807) is 0 Å². The number of amides is 1. The molecule has 24 heavy (non-hydrogen) atoms. The van der Waals surface area contributed by atoms with Gasteiger partial charge in [0, 0.05) is 31.2 Å². The van der Waals surface area contributed by atoms with Crippen molar-refractivity contribution in [3.05, 3.63) is 34.3 Å². The van der Waals surface area contributed by atoms with Crippen molar-refractivity contribution in [1.29, 1.82) is 0 Å².